The van der Waals surface area contributed by atoms with E-state index in [9.17, 15) is 8.42 Å². The normalized spacial score (nSPS) is 16.3. The summed E-state index contributed by atoms with van der Waals surface area (Å²) in [6, 6.07) is 2.29. The lowest BCUT2D eigenvalue weighted by atomic mass is 10.3. The smallest absolute Gasteiger partial charge is 0.259 e. The third-order valence-corrected chi connectivity index (χ3v) is 6.46. The summed E-state index contributed by atoms with van der Waals surface area (Å²) in [5.41, 5.74) is 0. The summed E-state index contributed by atoms with van der Waals surface area (Å²) in [6.45, 7) is 8.01. The average molecular weight is 371 g/mol. The Morgan fingerprint density at radius 3 is 2.30 bits per heavy atom. The van der Waals surface area contributed by atoms with Gasteiger partial charge in [-0.3, -0.25) is 0 Å². The minimum atomic E-state index is -3.40. The van der Waals surface area contributed by atoms with Crippen molar-refractivity contribution >= 4 is 18.4 Å². The molecule has 0 aromatic carbocycles. The van der Waals surface area contributed by atoms with Gasteiger partial charge in [0.25, 0.3) is 8.53 Å². The lowest BCUT2D eigenvalue weighted by Crippen LogP contribution is -2.34. The Labute approximate surface area is 144 Å². The van der Waals surface area contributed by atoms with Crippen LogP contribution in [0.4, 0.5) is 0 Å². The molecule has 2 unspecified atom stereocenters. The van der Waals surface area contributed by atoms with Crippen LogP contribution in [0.25, 0.3) is 0 Å². The number of nitrogens with zero attached hydrogens (tertiary/aromatic N) is 2. The predicted molar refractivity (Wildman–Crippen MR) is 91.7 cm³/mol. The third-order valence-electron chi connectivity index (χ3n) is 2.77. The zero-order chi connectivity index (χ0) is 19.5. The zero-order valence-corrected chi connectivity index (χ0v) is 16.0. The van der Waals surface area contributed by atoms with Gasteiger partial charge in [-0.25, -0.2) is 13.1 Å². The molecular weight excluding hydrogens is 339 g/mol. The van der Waals surface area contributed by atoms with Crippen LogP contribution in [-0.4, -0.2) is 63.6 Å². The lowest BCUT2D eigenvalue weighted by Gasteiger charge is -2.35. The molecular formula is C14H29N2O5PS. The molecule has 0 aliphatic carbocycles. The molecule has 0 amide bonds. The molecule has 0 saturated heterocycles. The summed E-state index contributed by atoms with van der Waals surface area (Å²) >= 11 is 0. The van der Waals surface area contributed by atoms with Crippen molar-refractivity contribution in [3.05, 3.63) is 0 Å². The first-order chi connectivity index (χ1) is 11.6. The molecule has 0 fully saturated rings. The topological polar surface area (TPSA) is 88.9 Å². The van der Waals surface area contributed by atoms with Gasteiger partial charge in [0.1, 0.15) is 0 Å². The molecule has 0 rings (SSSR count). The standard InChI is InChI=1S/C14H29N2O5PS/c1-13(2)16(14(3)4)22(20-8-6-7-15)21-10-12-23(17,18)11-9-19-5/h13-14H,6,8-12H2,1-5H3/i5TD. The summed E-state index contributed by atoms with van der Waals surface area (Å²) in [4.78, 5) is 0. The first-order valence-corrected chi connectivity index (χ1v) is 10.4. The fourth-order valence-electron chi connectivity index (χ4n) is 1.83. The first-order valence-electron chi connectivity index (χ1n) is 8.64. The van der Waals surface area contributed by atoms with Crippen LogP contribution >= 0.6 is 8.53 Å². The molecule has 23 heavy (non-hydrogen) atoms. The molecule has 0 aliphatic heterocycles. The number of hydrogen-bond acceptors (Lipinski definition) is 7. The zero-order valence-electron chi connectivity index (χ0n) is 16.3. The monoisotopic (exact) mass is 371 g/mol. The van der Waals surface area contributed by atoms with Gasteiger partial charge in [0.15, 0.2) is 9.84 Å². The molecule has 2 atom stereocenters. The van der Waals surface area contributed by atoms with Crippen molar-refractivity contribution in [2.45, 2.75) is 46.2 Å². The molecule has 136 valence electrons. The number of nitriles is 1. The molecule has 0 bridgehead atoms. The highest BCUT2D eigenvalue weighted by Gasteiger charge is 2.27. The van der Waals surface area contributed by atoms with Crippen LogP contribution in [0.3, 0.4) is 0 Å². The largest absolute Gasteiger partial charge is 0.384 e. The van der Waals surface area contributed by atoms with Crippen LogP contribution in [0.2, 0.25) is 0 Å². The van der Waals surface area contributed by atoms with Crippen LogP contribution in [0.15, 0.2) is 0 Å². The van der Waals surface area contributed by atoms with E-state index in [1.807, 2.05) is 38.4 Å². The van der Waals surface area contributed by atoms with Gasteiger partial charge in [-0.15, -0.1) is 0 Å². The van der Waals surface area contributed by atoms with Crippen LogP contribution in [0.5, 0.6) is 0 Å². The van der Waals surface area contributed by atoms with Gasteiger partial charge in [0.2, 0.25) is 0 Å². The fraction of sp³-hybridized carbons (Fsp3) is 0.929. The molecule has 0 aromatic rings. The quantitative estimate of drug-likeness (QED) is 0.363. The van der Waals surface area contributed by atoms with E-state index in [0.29, 0.717) is 0 Å². The van der Waals surface area contributed by atoms with E-state index in [4.69, 9.17) is 17.1 Å². The van der Waals surface area contributed by atoms with E-state index in [2.05, 4.69) is 4.74 Å². The van der Waals surface area contributed by atoms with Crippen molar-refractivity contribution in [1.29, 1.82) is 5.26 Å². The fourth-order valence-corrected chi connectivity index (χ4v) is 4.44. The maximum absolute atomic E-state index is 11.9. The van der Waals surface area contributed by atoms with Gasteiger partial charge in [-0.05, 0) is 27.7 Å². The molecule has 0 aliphatic rings. The van der Waals surface area contributed by atoms with Gasteiger partial charge in [-0.1, -0.05) is 0 Å². The average Bonchev–Trinajstić information content (AvgIpc) is 2.45. The van der Waals surface area contributed by atoms with Crippen LogP contribution in [-0.2, 0) is 23.6 Å². The molecule has 7 nitrogen and oxygen atoms in total. The van der Waals surface area contributed by atoms with E-state index >= 15 is 0 Å². The Morgan fingerprint density at radius 1 is 1.22 bits per heavy atom. The molecule has 0 spiro atoms. The van der Waals surface area contributed by atoms with Crippen LogP contribution < -0.4 is 0 Å². The van der Waals surface area contributed by atoms with E-state index in [0.717, 1.165) is 0 Å². The highest BCUT2D eigenvalue weighted by atomic mass is 32.2. The van der Waals surface area contributed by atoms with Gasteiger partial charge < -0.3 is 13.8 Å². The Balaban J connectivity index is 4.62. The van der Waals surface area contributed by atoms with E-state index in [-0.39, 0.29) is 49.8 Å². The molecule has 0 saturated carbocycles. The number of hydrogen-bond donors (Lipinski definition) is 0. The van der Waals surface area contributed by atoms with Gasteiger partial charge in [0.05, 0.1) is 46.6 Å². The number of sulfone groups is 1. The molecule has 0 N–H and O–H groups in total. The van der Waals surface area contributed by atoms with E-state index in [1.165, 1.54) is 0 Å². The van der Waals surface area contributed by atoms with E-state index in [1.54, 1.807) is 0 Å². The Morgan fingerprint density at radius 2 is 1.78 bits per heavy atom. The summed E-state index contributed by atoms with van der Waals surface area (Å²) < 4.78 is 55.6. The number of rotatable bonds is 13. The maximum atomic E-state index is 11.9. The SMILES string of the molecule is [2H]C([3H])OCCS(=O)(=O)CCOP(OCCC#N)N(C(C)C)C(C)C. The minimum Gasteiger partial charge on any atom is -0.384 e. The maximum Gasteiger partial charge on any atom is 0.259 e. The van der Waals surface area contributed by atoms with Crippen molar-refractivity contribution in [2.75, 3.05) is 38.4 Å². The Hall–Kier alpha value is -0.290. The lowest BCUT2D eigenvalue weighted by molar-refractivity contribution is 0.182. The molecule has 0 heterocycles. The second-order valence-corrected chi connectivity index (χ2v) is 9.16. The highest BCUT2D eigenvalue weighted by Crippen LogP contribution is 2.45. The van der Waals surface area contributed by atoms with Crippen LogP contribution in [0, 0.1) is 11.3 Å². The molecule has 0 radical (unpaired) electrons. The summed E-state index contributed by atoms with van der Waals surface area (Å²) in [7, 11) is -6.35. The van der Waals surface area contributed by atoms with E-state index < -0.39 is 25.4 Å². The minimum absolute atomic E-state index is 0.0261. The van der Waals surface area contributed by atoms with Gasteiger partial charge in [-0.2, -0.15) is 5.26 Å². The molecule has 0 aromatic heterocycles. The van der Waals surface area contributed by atoms with Crippen molar-refractivity contribution in [2.24, 2.45) is 0 Å². The van der Waals surface area contributed by atoms with Crippen molar-refractivity contribution < 1.29 is 24.9 Å². The number of methoxy groups -OCH3 is 1. The highest BCUT2D eigenvalue weighted by molar-refractivity contribution is 7.91. The summed E-state index contributed by atoms with van der Waals surface area (Å²) in [5.74, 6) is -0.447. The van der Waals surface area contributed by atoms with Crippen molar-refractivity contribution in [1.82, 2.24) is 4.67 Å². The van der Waals surface area contributed by atoms with Crippen LogP contribution in [0.1, 0.15) is 36.9 Å². The third kappa shape index (κ3) is 10.2. The predicted octanol–water partition coefficient (Wildman–Crippen LogP) is 2.34. The Kier molecular flexibility index (Phi) is 10.0. The van der Waals surface area contributed by atoms with Gasteiger partial charge in [0, 0.05) is 19.1 Å². The Bertz CT molecular complexity index is 492. The first kappa shape index (κ1) is 19.0. The summed E-state index contributed by atoms with van der Waals surface area (Å²) in [5, 5.41) is 8.65. The molecule has 9 heteroatoms. The number of ether oxygens (including phenoxy) is 1. The van der Waals surface area contributed by atoms with Gasteiger partial charge >= 0.3 is 0 Å². The second kappa shape index (κ2) is 12.1. The van der Waals surface area contributed by atoms with Crippen molar-refractivity contribution in [3.63, 3.8) is 0 Å². The van der Waals surface area contributed by atoms with Crippen molar-refractivity contribution in [3.8, 4) is 6.07 Å². The second-order valence-electron chi connectivity index (χ2n) is 5.40. The summed E-state index contributed by atoms with van der Waals surface area (Å²) in [6.07, 6.45) is 0.239.